The number of hydrogen-bond acceptors (Lipinski definition) is 4. The second kappa shape index (κ2) is 6.45. The predicted octanol–water partition coefficient (Wildman–Crippen LogP) is 1.17. The number of hydrogen-bond donors (Lipinski definition) is 1. The number of halogens is 1. The van der Waals surface area contributed by atoms with Crippen LogP contribution in [0.25, 0.3) is 0 Å². The lowest BCUT2D eigenvalue weighted by molar-refractivity contribution is 0.206. The number of nitrogens with zero attached hydrogens (tertiary/aromatic N) is 2. The monoisotopic (exact) mass is 217 g/mol. The van der Waals surface area contributed by atoms with Crippen molar-refractivity contribution in [1.29, 1.82) is 0 Å². The molecule has 80 valence electrons. The molecule has 0 fully saturated rings. The van der Waals surface area contributed by atoms with Crippen LogP contribution in [0.1, 0.15) is 0 Å². The van der Waals surface area contributed by atoms with Gasteiger partial charge in [0.2, 0.25) is 0 Å². The van der Waals surface area contributed by atoms with Gasteiger partial charge in [0.25, 0.3) is 0 Å². The second-order valence-electron chi connectivity index (χ2n) is 2.86. The maximum atomic E-state index is 5.52. The van der Waals surface area contributed by atoms with Gasteiger partial charge in [-0.3, -0.25) is 0 Å². The summed E-state index contributed by atoms with van der Waals surface area (Å²) in [6.45, 7) is 1.52. The largest absolute Gasteiger partial charge is 0.397 e. The van der Waals surface area contributed by atoms with E-state index in [2.05, 4.69) is 4.98 Å². The fourth-order valence-electron chi connectivity index (χ4n) is 0.966. The average molecular weight is 218 g/mol. The summed E-state index contributed by atoms with van der Waals surface area (Å²) in [6, 6.07) is 3.73. The van der Waals surface area contributed by atoms with Gasteiger partial charge in [-0.1, -0.05) is 0 Å². The lowest BCUT2D eigenvalue weighted by Gasteiger charge is -2.17. The Kier molecular flexibility index (Phi) is 5.99. The smallest absolute Gasteiger partial charge is 0.128 e. The van der Waals surface area contributed by atoms with E-state index >= 15 is 0 Å². The molecule has 2 N–H and O–H groups in total. The fraction of sp³-hybridized carbons (Fsp3) is 0.444. The van der Waals surface area contributed by atoms with Gasteiger partial charge in [-0.2, -0.15) is 0 Å². The lowest BCUT2D eigenvalue weighted by Crippen LogP contribution is -2.22. The van der Waals surface area contributed by atoms with Gasteiger partial charge < -0.3 is 15.4 Å². The Hall–Kier alpha value is -1.000. The number of likely N-dealkylation sites (N-methyl/N-ethyl adjacent to an activating group) is 1. The van der Waals surface area contributed by atoms with Crippen LogP contribution in [-0.4, -0.2) is 32.3 Å². The summed E-state index contributed by atoms with van der Waals surface area (Å²) in [6.07, 6.45) is 1.65. The molecular weight excluding hydrogens is 202 g/mol. The summed E-state index contributed by atoms with van der Waals surface area (Å²) in [5.41, 5.74) is 6.21. The van der Waals surface area contributed by atoms with Crippen molar-refractivity contribution >= 4 is 23.9 Å². The van der Waals surface area contributed by atoms with Gasteiger partial charge >= 0.3 is 0 Å². The van der Waals surface area contributed by atoms with Crippen molar-refractivity contribution in [2.24, 2.45) is 0 Å². The minimum absolute atomic E-state index is 0. The van der Waals surface area contributed by atoms with Crippen LogP contribution in [0, 0.1) is 0 Å². The molecule has 0 radical (unpaired) electrons. The third-order valence-electron chi connectivity index (χ3n) is 1.79. The fourth-order valence-corrected chi connectivity index (χ4v) is 0.966. The molecule has 0 saturated carbocycles. The second-order valence-corrected chi connectivity index (χ2v) is 2.86. The quantitative estimate of drug-likeness (QED) is 0.823. The first kappa shape index (κ1) is 13.0. The van der Waals surface area contributed by atoms with Crippen LogP contribution in [0.2, 0.25) is 0 Å². The molecule has 0 spiro atoms. The Morgan fingerprint density at radius 1 is 1.50 bits per heavy atom. The van der Waals surface area contributed by atoms with Crippen molar-refractivity contribution < 1.29 is 4.74 Å². The van der Waals surface area contributed by atoms with Crippen LogP contribution in [0.3, 0.4) is 0 Å². The molecule has 1 aromatic heterocycles. The Morgan fingerprint density at radius 3 is 2.71 bits per heavy atom. The number of nitrogen functional groups attached to an aromatic ring is 1. The van der Waals surface area contributed by atoms with Crippen LogP contribution in [0.15, 0.2) is 18.3 Å². The molecule has 1 aromatic rings. The number of aromatic nitrogens is 1. The van der Waals surface area contributed by atoms with Crippen LogP contribution >= 0.6 is 12.4 Å². The van der Waals surface area contributed by atoms with Crippen molar-refractivity contribution in [2.45, 2.75) is 0 Å². The highest BCUT2D eigenvalue weighted by Gasteiger charge is 2.00. The highest BCUT2D eigenvalue weighted by atomic mass is 35.5. The van der Waals surface area contributed by atoms with Crippen molar-refractivity contribution in [2.75, 3.05) is 37.9 Å². The molecule has 0 atom stereocenters. The minimum Gasteiger partial charge on any atom is -0.397 e. The molecule has 0 saturated heterocycles. The Morgan fingerprint density at radius 2 is 2.21 bits per heavy atom. The summed E-state index contributed by atoms with van der Waals surface area (Å²) in [7, 11) is 3.65. The van der Waals surface area contributed by atoms with E-state index < -0.39 is 0 Å². The van der Waals surface area contributed by atoms with Crippen molar-refractivity contribution in [3.05, 3.63) is 18.3 Å². The molecule has 14 heavy (non-hydrogen) atoms. The Balaban J connectivity index is 0.00000169. The number of pyridine rings is 1. The molecule has 0 aromatic carbocycles. The molecule has 4 nitrogen and oxygen atoms in total. The Labute approximate surface area is 90.5 Å². The summed E-state index contributed by atoms with van der Waals surface area (Å²) in [4.78, 5) is 6.19. The zero-order valence-corrected chi connectivity index (χ0v) is 9.25. The first-order valence-electron chi connectivity index (χ1n) is 4.15. The van der Waals surface area contributed by atoms with Gasteiger partial charge in [0, 0.05) is 20.7 Å². The number of rotatable bonds is 4. The zero-order valence-electron chi connectivity index (χ0n) is 8.43. The number of ether oxygens (including phenoxy) is 1. The van der Waals surface area contributed by atoms with E-state index in [1.807, 2.05) is 24.1 Å². The molecule has 5 heteroatoms. The van der Waals surface area contributed by atoms with Crippen molar-refractivity contribution in [3.8, 4) is 0 Å². The van der Waals surface area contributed by atoms with E-state index in [0.717, 1.165) is 12.4 Å². The minimum atomic E-state index is 0. The van der Waals surface area contributed by atoms with Crippen LogP contribution in [-0.2, 0) is 4.74 Å². The van der Waals surface area contributed by atoms with E-state index in [1.54, 1.807) is 13.3 Å². The third-order valence-corrected chi connectivity index (χ3v) is 1.79. The highest BCUT2D eigenvalue weighted by Crippen LogP contribution is 2.09. The number of nitrogens with two attached hydrogens (primary N) is 1. The van der Waals surface area contributed by atoms with E-state index in [4.69, 9.17) is 10.5 Å². The summed E-state index contributed by atoms with van der Waals surface area (Å²) in [5.74, 6) is 0.909. The Bertz CT molecular complexity index is 253. The summed E-state index contributed by atoms with van der Waals surface area (Å²) < 4.78 is 4.96. The van der Waals surface area contributed by atoms with E-state index in [-0.39, 0.29) is 12.4 Å². The van der Waals surface area contributed by atoms with Gasteiger partial charge in [-0.25, -0.2) is 4.98 Å². The maximum Gasteiger partial charge on any atom is 0.128 e. The SMILES string of the molecule is COCCN(C)c1ccc(N)cn1.Cl. The van der Waals surface area contributed by atoms with Crippen LogP contribution in [0.5, 0.6) is 0 Å². The lowest BCUT2D eigenvalue weighted by atomic mass is 10.4. The molecule has 0 unspecified atom stereocenters. The normalized spacial score (nSPS) is 9.29. The third kappa shape index (κ3) is 3.81. The van der Waals surface area contributed by atoms with Gasteiger partial charge in [0.1, 0.15) is 5.82 Å². The standard InChI is InChI=1S/C9H15N3O.ClH/c1-12(5-6-13-2)9-4-3-8(10)7-11-9;/h3-4,7H,5-6,10H2,1-2H3;1H. The van der Waals surface area contributed by atoms with Gasteiger partial charge in [0.05, 0.1) is 18.5 Å². The highest BCUT2D eigenvalue weighted by molar-refractivity contribution is 5.85. The molecule has 1 heterocycles. The van der Waals surface area contributed by atoms with Crippen molar-refractivity contribution in [1.82, 2.24) is 4.98 Å². The first-order valence-corrected chi connectivity index (χ1v) is 4.15. The van der Waals surface area contributed by atoms with E-state index in [9.17, 15) is 0 Å². The molecule has 0 bridgehead atoms. The number of anilines is 2. The maximum absolute atomic E-state index is 5.52. The average Bonchev–Trinajstić information content (AvgIpc) is 2.15. The van der Waals surface area contributed by atoms with E-state index in [0.29, 0.717) is 12.3 Å². The molecular formula is C9H16ClN3O. The molecule has 0 amide bonds. The van der Waals surface area contributed by atoms with Crippen LogP contribution < -0.4 is 10.6 Å². The summed E-state index contributed by atoms with van der Waals surface area (Å²) >= 11 is 0. The van der Waals surface area contributed by atoms with Gasteiger partial charge in [0.15, 0.2) is 0 Å². The molecule has 0 aliphatic rings. The summed E-state index contributed by atoms with van der Waals surface area (Å²) in [5, 5.41) is 0. The van der Waals surface area contributed by atoms with Crippen molar-refractivity contribution in [3.63, 3.8) is 0 Å². The van der Waals surface area contributed by atoms with Crippen LogP contribution in [0.4, 0.5) is 11.5 Å². The first-order chi connectivity index (χ1) is 6.24. The predicted molar refractivity (Wildman–Crippen MR) is 61.0 cm³/mol. The topological polar surface area (TPSA) is 51.4 Å². The van der Waals surface area contributed by atoms with Gasteiger partial charge in [-0.05, 0) is 12.1 Å². The number of methoxy groups -OCH3 is 1. The van der Waals surface area contributed by atoms with Gasteiger partial charge in [-0.15, -0.1) is 12.4 Å². The van der Waals surface area contributed by atoms with E-state index in [1.165, 1.54) is 0 Å². The molecule has 1 rings (SSSR count). The molecule has 0 aliphatic heterocycles. The molecule has 0 aliphatic carbocycles. The zero-order chi connectivity index (χ0) is 9.68.